The molecule has 0 saturated carbocycles. The van der Waals surface area contributed by atoms with Crippen LogP contribution in [0.25, 0.3) is 11.3 Å². The fraction of sp³-hybridized carbons (Fsp3) is 0.231. The zero-order valence-electron chi connectivity index (χ0n) is 20.5. The molecule has 0 bridgehead atoms. The molecule has 4 aromatic rings. The monoisotopic (exact) mass is 493 g/mol. The molecule has 182 valence electrons. The third-order valence-corrected chi connectivity index (χ3v) is 6.11. The van der Waals surface area contributed by atoms with Gasteiger partial charge in [-0.15, -0.1) is 11.3 Å². The van der Waals surface area contributed by atoms with E-state index in [9.17, 15) is 0 Å². The largest absolute Gasteiger partial charge is 0.497 e. The van der Waals surface area contributed by atoms with Crippen LogP contribution in [0, 0.1) is 6.92 Å². The van der Waals surface area contributed by atoms with Gasteiger partial charge in [0.1, 0.15) is 23.0 Å². The Bertz CT molecular complexity index is 1390. The molecule has 9 heteroatoms. The van der Waals surface area contributed by atoms with E-state index in [0.717, 1.165) is 28.5 Å². The van der Waals surface area contributed by atoms with Gasteiger partial charge in [-0.25, -0.2) is 9.67 Å². The number of nitrogens with zero attached hydrogens (tertiary/aromatic N) is 3. The Morgan fingerprint density at radius 2 is 1.57 bits per heavy atom. The predicted molar refractivity (Wildman–Crippen MR) is 137 cm³/mol. The van der Waals surface area contributed by atoms with Crippen molar-refractivity contribution in [1.82, 2.24) is 4.68 Å². The Morgan fingerprint density at radius 3 is 2.11 bits per heavy atom. The summed E-state index contributed by atoms with van der Waals surface area (Å²) in [6.45, 7) is 3.80. The molecule has 2 aromatic heterocycles. The van der Waals surface area contributed by atoms with E-state index in [1.165, 1.54) is 11.3 Å². The lowest BCUT2D eigenvalue weighted by Gasteiger charge is -2.14. The minimum Gasteiger partial charge on any atom is -0.497 e. The highest BCUT2D eigenvalue weighted by Gasteiger charge is 2.17. The summed E-state index contributed by atoms with van der Waals surface area (Å²) in [6.07, 6.45) is 0. The molecule has 0 fully saturated rings. The Labute approximate surface area is 207 Å². The number of aryl methyl sites for hydroxylation is 1. The molecule has 0 amide bonds. The average molecular weight is 494 g/mol. The van der Waals surface area contributed by atoms with Crippen LogP contribution in [-0.2, 0) is 0 Å². The standard InChI is InChI=1S/C26H27N3O5S/c1-16-7-12-22(34-16)17(2)28-29-21(18-13-23(31-4)25(33-6)24(14-18)32-5)15-35-26(29)27-19-8-10-20(30-3)11-9-19/h7-15H,1-6H3. The number of methoxy groups -OCH3 is 4. The third-order valence-electron chi connectivity index (χ3n) is 5.29. The second kappa shape index (κ2) is 10.5. The van der Waals surface area contributed by atoms with E-state index in [-0.39, 0.29) is 0 Å². The highest BCUT2D eigenvalue weighted by Crippen LogP contribution is 2.41. The van der Waals surface area contributed by atoms with Crippen LogP contribution in [0.1, 0.15) is 18.4 Å². The van der Waals surface area contributed by atoms with Crippen LogP contribution < -0.4 is 23.7 Å². The Morgan fingerprint density at radius 1 is 0.886 bits per heavy atom. The first-order valence-electron chi connectivity index (χ1n) is 10.8. The molecular weight excluding hydrogens is 466 g/mol. The van der Waals surface area contributed by atoms with Gasteiger partial charge in [-0.2, -0.15) is 5.10 Å². The molecular formula is C26H27N3O5S. The van der Waals surface area contributed by atoms with E-state index in [1.54, 1.807) is 33.1 Å². The molecule has 8 nitrogen and oxygen atoms in total. The highest BCUT2D eigenvalue weighted by molar-refractivity contribution is 7.07. The maximum atomic E-state index is 5.78. The van der Waals surface area contributed by atoms with Gasteiger partial charge in [0.15, 0.2) is 11.5 Å². The fourth-order valence-corrected chi connectivity index (χ4v) is 4.35. The molecule has 0 saturated heterocycles. The van der Waals surface area contributed by atoms with Gasteiger partial charge in [-0.3, -0.25) is 0 Å². The molecule has 2 heterocycles. The second-order valence-corrected chi connectivity index (χ2v) is 8.37. The van der Waals surface area contributed by atoms with E-state index in [1.807, 2.05) is 67.8 Å². The number of aromatic nitrogens is 1. The number of furan rings is 1. The molecule has 35 heavy (non-hydrogen) atoms. The van der Waals surface area contributed by atoms with E-state index < -0.39 is 0 Å². The third kappa shape index (κ3) is 5.09. The topological polar surface area (TPSA) is 79.7 Å². The van der Waals surface area contributed by atoms with Crippen molar-refractivity contribution in [3.8, 4) is 34.3 Å². The van der Waals surface area contributed by atoms with Crippen LogP contribution in [0.15, 0.2) is 68.4 Å². The van der Waals surface area contributed by atoms with Crippen molar-refractivity contribution in [2.45, 2.75) is 13.8 Å². The van der Waals surface area contributed by atoms with Crippen LogP contribution in [0.2, 0.25) is 0 Å². The molecule has 0 spiro atoms. The predicted octanol–water partition coefficient (Wildman–Crippen LogP) is 5.66. The molecule has 0 aliphatic rings. The maximum absolute atomic E-state index is 5.78. The summed E-state index contributed by atoms with van der Waals surface area (Å²) in [5.41, 5.74) is 3.13. The van der Waals surface area contributed by atoms with Crippen LogP contribution in [0.4, 0.5) is 5.69 Å². The van der Waals surface area contributed by atoms with E-state index in [0.29, 0.717) is 33.5 Å². The minimum absolute atomic E-state index is 0.523. The molecule has 4 rings (SSSR count). The summed E-state index contributed by atoms with van der Waals surface area (Å²) in [5.74, 6) is 3.90. The van der Waals surface area contributed by atoms with E-state index in [2.05, 4.69) is 0 Å². The van der Waals surface area contributed by atoms with Crippen LogP contribution >= 0.6 is 11.3 Å². The average Bonchev–Trinajstić information content (AvgIpc) is 3.49. The number of ether oxygens (including phenoxy) is 4. The lowest BCUT2D eigenvalue weighted by Crippen LogP contribution is -2.13. The summed E-state index contributed by atoms with van der Waals surface area (Å²) >= 11 is 1.47. The molecule has 2 aromatic carbocycles. The van der Waals surface area contributed by atoms with Gasteiger partial charge < -0.3 is 23.4 Å². The molecule has 0 unspecified atom stereocenters. The van der Waals surface area contributed by atoms with Gasteiger partial charge >= 0.3 is 0 Å². The number of hydrogen-bond acceptors (Lipinski definition) is 8. The Hall–Kier alpha value is -3.98. The van der Waals surface area contributed by atoms with Crippen LogP contribution in [0.3, 0.4) is 0 Å². The quantitative estimate of drug-likeness (QED) is 0.296. The normalized spacial score (nSPS) is 12.1. The SMILES string of the molecule is COc1ccc(N=c2scc(-c3cc(OC)c(OC)c(OC)c3)n2N=C(C)c2ccc(C)o2)cc1. The van der Waals surface area contributed by atoms with Crippen molar-refractivity contribution < 1.29 is 23.4 Å². The summed E-state index contributed by atoms with van der Waals surface area (Å²) in [6, 6.07) is 15.1. The van der Waals surface area contributed by atoms with Crippen molar-refractivity contribution in [2.75, 3.05) is 28.4 Å². The van der Waals surface area contributed by atoms with E-state index >= 15 is 0 Å². The van der Waals surface area contributed by atoms with Gasteiger partial charge in [0.25, 0.3) is 0 Å². The minimum atomic E-state index is 0.523. The summed E-state index contributed by atoms with van der Waals surface area (Å²) < 4.78 is 29.4. The highest BCUT2D eigenvalue weighted by atomic mass is 32.1. The van der Waals surface area contributed by atoms with E-state index in [4.69, 9.17) is 33.5 Å². The molecule has 0 radical (unpaired) electrons. The maximum Gasteiger partial charge on any atom is 0.211 e. The van der Waals surface area contributed by atoms with Crippen molar-refractivity contribution in [2.24, 2.45) is 10.1 Å². The summed E-state index contributed by atoms with van der Waals surface area (Å²) in [7, 11) is 6.40. The molecule has 0 N–H and O–H groups in total. The zero-order valence-corrected chi connectivity index (χ0v) is 21.3. The lowest BCUT2D eigenvalue weighted by atomic mass is 10.1. The van der Waals surface area contributed by atoms with Crippen LogP contribution in [-0.4, -0.2) is 38.8 Å². The summed E-state index contributed by atoms with van der Waals surface area (Å²) in [5, 5.41) is 6.87. The van der Waals surface area contributed by atoms with Crippen molar-refractivity contribution in [1.29, 1.82) is 0 Å². The Kier molecular flexibility index (Phi) is 7.26. The van der Waals surface area contributed by atoms with Crippen LogP contribution in [0.5, 0.6) is 23.0 Å². The fourth-order valence-electron chi connectivity index (χ4n) is 3.50. The smallest absolute Gasteiger partial charge is 0.211 e. The van der Waals surface area contributed by atoms with Gasteiger partial charge in [0.2, 0.25) is 10.6 Å². The molecule has 0 atom stereocenters. The van der Waals surface area contributed by atoms with Crippen molar-refractivity contribution in [3.05, 3.63) is 70.2 Å². The van der Waals surface area contributed by atoms with Gasteiger partial charge in [-0.1, -0.05) is 0 Å². The lowest BCUT2D eigenvalue weighted by molar-refractivity contribution is 0.324. The number of hydrogen-bond donors (Lipinski definition) is 0. The van der Waals surface area contributed by atoms with Crippen molar-refractivity contribution >= 4 is 22.7 Å². The summed E-state index contributed by atoms with van der Waals surface area (Å²) in [4.78, 5) is 5.52. The first-order valence-corrected chi connectivity index (χ1v) is 11.7. The first kappa shape index (κ1) is 24.2. The van der Waals surface area contributed by atoms with Gasteiger partial charge in [-0.05, 0) is 62.4 Å². The first-order chi connectivity index (χ1) is 17.0. The second-order valence-electron chi connectivity index (χ2n) is 7.53. The zero-order chi connectivity index (χ0) is 24.9. The van der Waals surface area contributed by atoms with Crippen molar-refractivity contribution in [3.63, 3.8) is 0 Å². The Balaban J connectivity index is 1.92. The number of benzene rings is 2. The van der Waals surface area contributed by atoms with Gasteiger partial charge in [0.05, 0.1) is 39.8 Å². The van der Waals surface area contributed by atoms with Gasteiger partial charge in [0, 0.05) is 10.9 Å². The number of rotatable bonds is 8. The molecule has 0 aliphatic heterocycles. The number of thiazole rings is 1. The molecule has 0 aliphatic carbocycles.